The molecule has 1 aromatic rings. The fourth-order valence-corrected chi connectivity index (χ4v) is 3.64. The molecule has 0 aromatic carbocycles. The van der Waals surface area contributed by atoms with Crippen LogP contribution in [0.5, 0.6) is 0 Å². The lowest BCUT2D eigenvalue weighted by molar-refractivity contribution is -0.146. The molecule has 0 unspecified atom stereocenters. The van der Waals surface area contributed by atoms with Crippen molar-refractivity contribution >= 4 is 23.0 Å². The average molecular weight is 294 g/mol. The largest absolute Gasteiger partial charge is 0.343 e. The first-order valence-corrected chi connectivity index (χ1v) is 7.66. The number of thiophene rings is 1. The number of carbonyl (C=O) groups excluding carboxylic acids is 2. The minimum absolute atomic E-state index is 0.0785. The van der Waals surface area contributed by atoms with Crippen molar-refractivity contribution in [3.8, 4) is 0 Å². The van der Waals surface area contributed by atoms with E-state index in [9.17, 15) is 9.59 Å². The lowest BCUT2D eigenvalue weighted by Crippen LogP contribution is -2.62. The molecule has 2 heterocycles. The minimum atomic E-state index is -0.609. The Hall–Kier alpha value is -1.20. The number of nitrogens with zero attached hydrogens (tertiary/aromatic N) is 2. The maximum Gasteiger partial charge on any atom is 0.242 e. The number of carbonyl (C=O) groups is 2. The first kappa shape index (κ1) is 15.2. The van der Waals surface area contributed by atoms with Gasteiger partial charge in [0.2, 0.25) is 5.91 Å². The number of aryl methyl sites for hydroxylation is 2. The average Bonchev–Trinajstić information content (AvgIpc) is 2.70. The smallest absolute Gasteiger partial charge is 0.242 e. The topological polar surface area (TPSA) is 40.6 Å². The van der Waals surface area contributed by atoms with Gasteiger partial charge in [-0.05, 0) is 33.8 Å². The Balaban J connectivity index is 2.15. The van der Waals surface area contributed by atoms with E-state index < -0.39 is 5.54 Å². The molecule has 110 valence electrons. The molecule has 0 bridgehead atoms. The molecule has 0 saturated carbocycles. The number of rotatable bonds is 3. The summed E-state index contributed by atoms with van der Waals surface area (Å²) < 4.78 is 0. The highest BCUT2D eigenvalue weighted by Crippen LogP contribution is 2.25. The second-order valence-electron chi connectivity index (χ2n) is 5.96. The summed E-state index contributed by atoms with van der Waals surface area (Å²) in [4.78, 5) is 30.6. The molecule has 0 atom stereocenters. The van der Waals surface area contributed by atoms with E-state index in [1.54, 1.807) is 16.2 Å². The van der Waals surface area contributed by atoms with Crippen molar-refractivity contribution in [3.05, 3.63) is 21.4 Å². The van der Waals surface area contributed by atoms with Gasteiger partial charge in [-0.1, -0.05) is 0 Å². The highest BCUT2D eigenvalue weighted by atomic mass is 32.1. The highest BCUT2D eigenvalue weighted by molar-refractivity contribution is 7.12. The molecule has 1 aromatic heterocycles. The first-order valence-electron chi connectivity index (χ1n) is 6.84. The molecular formula is C15H22N2O2S. The number of hydrogen-bond acceptors (Lipinski definition) is 4. The van der Waals surface area contributed by atoms with Crippen LogP contribution in [0.3, 0.4) is 0 Å². The van der Waals surface area contributed by atoms with E-state index in [0.29, 0.717) is 13.1 Å². The van der Waals surface area contributed by atoms with Gasteiger partial charge in [0.1, 0.15) is 0 Å². The second-order valence-corrected chi connectivity index (χ2v) is 7.42. The van der Waals surface area contributed by atoms with Crippen molar-refractivity contribution in [2.75, 3.05) is 26.7 Å². The zero-order chi connectivity index (χ0) is 15.1. The summed E-state index contributed by atoms with van der Waals surface area (Å²) in [6.45, 7) is 9.50. The van der Waals surface area contributed by atoms with Crippen LogP contribution in [-0.2, 0) is 4.79 Å². The fourth-order valence-electron chi connectivity index (χ4n) is 2.70. The van der Waals surface area contributed by atoms with Gasteiger partial charge in [0.25, 0.3) is 0 Å². The summed E-state index contributed by atoms with van der Waals surface area (Å²) in [6.07, 6.45) is 0. The minimum Gasteiger partial charge on any atom is -0.343 e. The second kappa shape index (κ2) is 5.30. The summed E-state index contributed by atoms with van der Waals surface area (Å²) in [7, 11) is 1.82. The van der Waals surface area contributed by atoms with Crippen molar-refractivity contribution in [3.63, 3.8) is 0 Å². The molecule has 4 nitrogen and oxygen atoms in total. The summed E-state index contributed by atoms with van der Waals surface area (Å²) >= 11 is 1.65. The number of amides is 1. The van der Waals surface area contributed by atoms with Gasteiger partial charge >= 0.3 is 0 Å². The van der Waals surface area contributed by atoms with E-state index in [4.69, 9.17) is 0 Å². The summed E-state index contributed by atoms with van der Waals surface area (Å²) in [5, 5.41) is 0. The van der Waals surface area contributed by atoms with Gasteiger partial charge in [-0.2, -0.15) is 0 Å². The van der Waals surface area contributed by atoms with Crippen LogP contribution in [0.25, 0.3) is 0 Å². The van der Waals surface area contributed by atoms with Gasteiger partial charge in [-0.3, -0.25) is 14.5 Å². The van der Waals surface area contributed by atoms with Gasteiger partial charge in [0.15, 0.2) is 5.78 Å². The standard InChI is InChI=1S/C15H22N2O2S/c1-10-8-12(11(2)20-10)13(18)9-17-7-6-16(5)14(19)15(17,3)4/h8H,6-7,9H2,1-5H3. The lowest BCUT2D eigenvalue weighted by Gasteiger charge is -2.44. The molecule has 0 spiro atoms. The predicted octanol–water partition coefficient (Wildman–Crippen LogP) is 2.10. The molecule has 1 saturated heterocycles. The first-order chi connectivity index (χ1) is 9.23. The zero-order valence-corrected chi connectivity index (χ0v) is 13.6. The monoisotopic (exact) mass is 294 g/mol. The number of Topliss-reactive ketones (excluding diaryl/α,β-unsaturated/α-hetero) is 1. The van der Waals surface area contributed by atoms with E-state index in [0.717, 1.165) is 21.9 Å². The molecule has 1 aliphatic heterocycles. The number of piperazine rings is 1. The van der Waals surface area contributed by atoms with E-state index >= 15 is 0 Å². The maximum atomic E-state index is 12.5. The van der Waals surface area contributed by atoms with Crippen molar-refractivity contribution < 1.29 is 9.59 Å². The van der Waals surface area contributed by atoms with Crippen LogP contribution >= 0.6 is 11.3 Å². The molecule has 5 heteroatoms. The van der Waals surface area contributed by atoms with Crippen LogP contribution in [-0.4, -0.2) is 53.7 Å². The van der Waals surface area contributed by atoms with Gasteiger partial charge in [-0.15, -0.1) is 11.3 Å². The predicted molar refractivity (Wildman–Crippen MR) is 81.4 cm³/mol. The molecule has 1 aliphatic rings. The van der Waals surface area contributed by atoms with E-state index in [-0.39, 0.29) is 11.7 Å². The van der Waals surface area contributed by atoms with Crippen LogP contribution in [0.15, 0.2) is 6.07 Å². The Morgan fingerprint density at radius 2 is 2.00 bits per heavy atom. The number of likely N-dealkylation sites (N-methyl/N-ethyl adjacent to an activating group) is 1. The fraction of sp³-hybridized carbons (Fsp3) is 0.600. The van der Waals surface area contributed by atoms with Crippen LogP contribution in [0.4, 0.5) is 0 Å². The summed E-state index contributed by atoms with van der Waals surface area (Å²) in [5.41, 5.74) is 0.191. The third kappa shape index (κ3) is 2.65. The van der Waals surface area contributed by atoms with E-state index in [1.807, 2.05) is 45.7 Å². The Bertz CT molecular complexity index is 548. The molecular weight excluding hydrogens is 272 g/mol. The van der Waals surface area contributed by atoms with E-state index in [1.165, 1.54) is 0 Å². The highest BCUT2D eigenvalue weighted by Gasteiger charge is 2.41. The molecule has 0 N–H and O–H groups in total. The van der Waals surface area contributed by atoms with Crippen LogP contribution in [0.1, 0.15) is 34.0 Å². The van der Waals surface area contributed by atoms with Gasteiger partial charge in [0, 0.05) is 35.5 Å². The van der Waals surface area contributed by atoms with Gasteiger partial charge < -0.3 is 4.90 Å². The van der Waals surface area contributed by atoms with Gasteiger partial charge in [-0.25, -0.2) is 0 Å². The molecule has 0 aliphatic carbocycles. The Labute approximate surface area is 124 Å². The van der Waals surface area contributed by atoms with Gasteiger partial charge in [0.05, 0.1) is 12.1 Å². The SMILES string of the molecule is Cc1cc(C(=O)CN2CCN(C)C(=O)C2(C)C)c(C)s1. The Kier molecular flexibility index (Phi) is 4.02. The quantitative estimate of drug-likeness (QED) is 0.802. The molecule has 2 rings (SSSR count). The van der Waals surface area contributed by atoms with Crippen molar-refractivity contribution in [1.82, 2.24) is 9.80 Å². The van der Waals surface area contributed by atoms with Crippen LogP contribution in [0, 0.1) is 13.8 Å². The number of ketones is 1. The molecule has 1 fully saturated rings. The third-order valence-corrected chi connectivity index (χ3v) is 5.01. The number of hydrogen-bond donors (Lipinski definition) is 0. The van der Waals surface area contributed by atoms with Crippen molar-refractivity contribution in [1.29, 1.82) is 0 Å². The third-order valence-electron chi connectivity index (χ3n) is 4.04. The molecule has 0 radical (unpaired) electrons. The van der Waals surface area contributed by atoms with E-state index in [2.05, 4.69) is 0 Å². The molecule has 20 heavy (non-hydrogen) atoms. The Morgan fingerprint density at radius 1 is 1.35 bits per heavy atom. The Morgan fingerprint density at radius 3 is 2.55 bits per heavy atom. The zero-order valence-electron chi connectivity index (χ0n) is 12.8. The summed E-state index contributed by atoms with van der Waals surface area (Å²) in [5.74, 6) is 0.187. The normalized spacial score (nSPS) is 19.4. The lowest BCUT2D eigenvalue weighted by atomic mass is 9.96. The van der Waals surface area contributed by atoms with Crippen LogP contribution in [0.2, 0.25) is 0 Å². The molecule has 1 amide bonds. The summed E-state index contributed by atoms with van der Waals surface area (Å²) in [6, 6.07) is 1.95. The van der Waals surface area contributed by atoms with Crippen molar-refractivity contribution in [2.24, 2.45) is 0 Å². The van der Waals surface area contributed by atoms with Crippen molar-refractivity contribution in [2.45, 2.75) is 33.2 Å². The maximum absolute atomic E-state index is 12.5. The van der Waals surface area contributed by atoms with Crippen LogP contribution < -0.4 is 0 Å².